The number of aliphatic imine (C=N–C) groups is 2. The van der Waals surface area contributed by atoms with E-state index < -0.39 is 0 Å². The van der Waals surface area contributed by atoms with Crippen LogP contribution in [0.2, 0.25) is 0 Å². The van der Waals surface area contributed by atoms with Gasteiger partial charge in [-0.2, -0.15) is 0 Å². The summed E-state index contributed by atoms with van der Waals surface area (Å²) in [5.41, 5.74) is 10.1. The Balaban J connectivity index is 1.07. The van der Waals surface area contributed by atoms with Gasteiger partial charge in [0.05, 0.1) is 27.8 Å². The van der Waals surface area contributed by atoms with Gasteiger partial charge in [-0.15, -0.1) is 0 Å². The number of fused-ring (bicyclic) bond motifs is 10. The maximum Gasteiger partial charge on any atom is 0.159 e. The first kappa shape index (κ1) is 34.6. The van der Waals surface area contributed by atoms with Gasteiger partial charge >= 0.3 is 0 Å². The van der Waals surface area contributed by atoms with E-state index in [1.807, 2.05) is 24.3 Å². The zero-order chi connectivity index (χ0) is 40.7. The number of hydrogen-bond donors (Lipinski definition) is 1. The lowest BCUT2D eigenvalue weighted by Crippen LogP contribution is -2.33. The van der Waals surface area contributed by atoms with Gasteiger partial charge in [0.25, 0.3) is 0 Å². The molecule has 0 spiro atoms. The second-order valence-electron chi connectivity index (χ2n) is 16.2. The highest BCUT2D eigenvalue weighted by Gasteiger charge is 2.25. The van der Waals surface area contributed by atoms with Crippen LogP contribution in [0.1, 0.15) is 22.9 Å². The van der Waals surface area contributed by atoms with E-state index in [9.17, 15) is 0 Å². The highest BCUT2D eigenvalue weighted by Crippen LogP contribution is 2.43. The topological polar surface area (TPSA) is 46.6 Å². The Morgan fingerprint density at radius 2 is 1.02 bits per heavy atom. The normalized spacial score (nSPS) is 14.3. The van der Waals surface area contributed by atoms with E-state index in [1.165, 1.54) is 59.6 Å². The number of nitrogens with zero attached hydrogens (tertiary/aromatic N) is 4. The van der Waals surface area contributed by atoms with Crippen molar-refractivity contribution >= 4 is 87.6 Å². The molecule has 1 aliphatic rings. The Hall–Kier alpha value is -8.28. The van der Waals surface area contributed by atoms with Crippen molar-refractivity contribution in [3.05, 3.63) is 229 Å². The van der Waals surface area contributed by atoms with E-state index >= 15 is 0 Å². The molecule has 3 heterocycles. The van der Waals surface area contributed by atoms with Crippen molar-refractivity contribution in [2.75, 3.05) is 0 Å². The monoisotopic (exact) mass is 791 g/mol. The maximum atomic E-state index is 5.28. The largest absolute Gasteiger partial charge is 0.344 e. The Morgan fingerprint density at radius 1 is 0.387 bits per heavy atom. The molecule has 0 amide bonds. The standard InChI is InChI=1S/C57H37N5/c1-3-17-38(18-4-1)55-58-56(39-19-5-2-6-20-39)60-57(59-55)47-31-32-51(44-24-12-11-23-43(44)47)62-50-26-14-13-25-45(50)48-34-49-46-30-28-37-16-9-10-22-42(37)54(46)61(52(49)35-53(48)62)41-29-27-36-15-7-8-21-40(36)33-41/h1-35,57H,(H,58,59,60). The number of aromatic nitrogens is 2. The van der Waals surface area contributed by atoms with E-state index in [-0.39, 0.29) is 6.17 Å². The molecule has 0 saturated heterocycles. The lowest BCUT2D eigenvalue weighted by Gasteiger charge is -2.25. The minimum atomic E-state index is -0.359. The molecule has 0 bridgehead atoms. The Kier molecular flexibility index (Phi) is 7.60. The molecular formula is C57H37N5. The van der Waals surface area contributed by atoms with Crippen LogP contribution in [0.15, 0.2) is 222 Å². The van der Waals surface area contributed by atoms with E-state index in [4.69, 9.17) is 9.98 Å². The molecule has 10 aromatic carbocycles. The van der Waals surface area contributed by atoms with Gasteiger partial charge in [0, 0.05) is 54.7 Å². The van der Waals surface area contributed by atoms with Crippen molar-refractivity contribution in [2.24, 2.45) is 9.98 Å². The first-order chi connectivity index (χ1) is 30.7. The van der Waals surface area contributed by atoms with Crippen LogP contribution in [0, 0.1) is 0 Å². The molecule has 1 atom stereocenters. The highest BCUT2D eigenvalue weighted by molar-refractivity contribution is 6.23. The van der Waals surface area contributed by atoms with E-state index in [2.05, 4.69) is 203 Å². The molecule has 0 aliphatic carbocycles. The van der Waals surface area contributed by atoms with E-state index in [1.54, 1.807) is 0 Å². The number of benzene rings is 10. The molecule has 62 heavy (non-hydrogen) atoms. The molecule has 290 valence electrons. The van der Waals surface area contributed by atoms with Crippen molar-refractivity contribution < 1.29 is 0 Å². The second-order valence-corrected chi connectivity index (χ2v) is 16.2. The van der Waals surface area contributed by atoms with Gasteiger partial charge in [0.2, 0.25) is 0 Å². The van der Waals surface area contributed by atoms with E-state index in [0.717, 1.165) is 50.2 Å². The molecule has 2 aromatic heterocycles. The SMILES string of the molecule is c1ccc(C2=NC(c3ccc(-n4c5ccccc5c5cc6c7ccc8ccccc8c7n(-c7ccc8ccccc8c7)c6cc54)c4ccccc34)NC(c3ccccc3)=N2)cc1. The molecule has 12 aromatic rings. The lowest BCUT2D eigenvalue weighted by atomic mass is 9.99. The predicted molar refractivity (Wildman–Crippen MR) is 259 cm³/mol. The predicted octanol–water partition coefficient (Wildman–Crippen LogP) is 13.8. The summed E-state index contributed by atoms with van der Waals surface area (Å²) in [5, 5.41) is 15.9. The van der Waals surface area contributed by atoms with Crippen LogP contribution < -0.4 is 5.32 Å². The van der Waals surface area contributed by atoms with Gasteiger partial charge in [-0.05, 0) is 57.9 Å². The molecule has 0 radical (unpaired) electrons. The number of nitrogens with one attached hydrogen (secondary N) is 1. The highest BCUT2D eigenvalue weighted by atomic mass is 15.2. The zero-order valence-corrected chi connectivity index (χ0v) is 33.6. The molecule has 5 heteroatoms. The third kappa shape index (κ3) is 5.28. The maximum absolute atomic E-state index is 5.28. The summed E-state index contributed by atoms with van der Waals surface area (Å²) in [6.45, 7) is 0. The van der Waals surface area contributed by atoms with Crippen LogP contribution in [-0.4, -0.2) is 20.8 Å². The van der Waals surface area contributed by atoms with Crippen LogP contribution in [0.4, 0.5) is 0 Å². The molecule has 0 saturated carbocycles. The molecule has 1 N–H and O–H groups in total. The summed E-state index contributed by atoms with van der Waals surface area (Å²) < 4.78 is 4.96. The zero-order valence-electron chi connectivity index (χ0n) is 33.6. The summed E-state index contributed by atoms with van der Waals surface area (Å²) in [7, 11) is 0. The van der Waals surface area contributed by atoms with Gasteiger partial charge < -0.3 is 14.5 Å². The summed E-state index contributed by atoms with van der Waals surface area (Å²) in [6, 6.07) is 76.4. The molecule has 5 nitrogen and oxygen atoms in total. The molecule has 1 aliphatic heterocycles. The smallest absolute Gasteiger partial charge is 0.159 e. The third-order valence-electron chi connectivity index (χ3n) is 12.7. The average molecular weight is 792 g/mol. The van der Waals surface area contributed by atoms with Crippen LogP contribution in [0.5, 0.6) is 0 Å². The van der Waals surface area contributed by atoms with Gasteiger partial charge in [-0.3, -0.25) is 0 Å². The number of amidine groups is 2. The molecule has 0 fully saturated rings. The first-order valence-electron chi connectivity index (χ1n) is 21.2. The summed E-state index contributed by atoms with van der Waals surface area (Å²) >= 11 is 0. The van der Waals surface area contributed by atoms with E-state index in [0.29, 0.717) is 5.84 Å². The first-order valence-corrected chi connectivity index (χ1v) is 21.2. The van der Waals surface area contributed by atoms with Crippen molar-refractivity contribution in [3.8, 4) is 11.4 Å². The minimum absolute atomic E-state index is 0.359. The Bertz CT molecular complexity index is 3840. The molecular weight excluding hydrogens is 755 g/mol. The van der Waals surface area contributed by atoms with Crippen molar-refractivity contribution in [1.29, 1.82) is 0 Å². The Morgan fingerprint density at radius 3 is 1.84 bits per heavy atom. The summed E-state index contributed by atoms with van der Waals surface area (Å²) in [5.74, 6) is 1.51. The van der Waals surface area contributed by atoms with Gasteiger partial charge in [-0.25, -0.2) is 9.98 Å². The third-order valence-corrected chi connectivity index (χ3v) is 12.7. The van der Waals surface area contributed by atoms with Crippen LogP contribution in [0.3, 0.4) is 0 Å². The van der Waals surface area contributed by atoms with Crippen molar-refractivity contribution in [2.45, 2.75) is 6.17 Å². The average Bonchev–Trinajstić information content (AvgIpc) is 3.85. The Labute approximate surface area is 357 Å². The summed E-state index contributed by atoms with van der Waals surface area (Å²) in [6.07, 6.45) is -0.359. The lowest BCUT2D eigenvalue weighted by molar-refractivity contribution is 0.679. The minimum Gasteiger partial charge on any atom is -0.344 e. The number of hydrogen-bond acceptors (Lipinski definition) is 3. The van der Waals surface area contributed by atoms with Crippen molar-refractivity contribution in [1.82, 2.24) is 14.5 Å². The van der Waals surface area contributed by atoms with Gasteiger partial charge in [0.15, 0.2) is 5.84 Å². The fourth-order valence-corrected chi connectivity index (χ4v) is 9.89. The van der Waals surface area contributed by atoms with Crippen LogP contribution in [0.25, 0.3) is 87.3 Å². The number of para-hydroxylation sites is 1. The molecule has 13 rings (SSSR count). The fourth-order valence-electron chi connectivity index (χ4n) is 9.89. The molecule has 1 unspecified atom stereocenters. The number of rotatable bonds is 5. The van der Waals surface area contributed by atoms with Crippen LogP contribution in [-0.2, 0) is 0 Å². The van der Waals surface area contributed by atoms with Gasteiger partial charge in [0.1, 0.15) is 12.0 Å². The fraction of sp³-hybridized carbons (Fsp3) is 0.0175. The van der Waals surface area contributed by atoms with Crippen molar-refractivity contribution in [3.63, 3.8) is 0 Å². The second kappa shape index (κ2) is 13.6. The quantitative estimate of drug-likeness (QED) is 0.185. The van der Waals surface area contributed by atoms with Gasteiger partial charge in [-0.1, -0.05) is 176 Å². The van der Waals surface area contributed by atoms with Crippen LogP contribution >= 0.6 is 0 Å². The summed E-state index contributed by atoms with van der Waals surface area (Å²) in [4.78, 5) is 10.3.